The van der Waals surface area contributed by atoms with E-state index in [-0.39, 0.29) is 0 Å². The number of benzene rings is 1. The van der Waals surface area contributed by atoms with Gasteiger partial charge in [-0.2, -0.15) is 0 Å². The van der Waals surface area contributed by atoms with E-state index in [1.54, 1.807) is 0 Å². The lowest BCUT2D eigenvalue weighted by Crippen LogP contribution is -2.01. The number of hydrogen-bond donors (Lipinski definition) is 1. The Bertz CT molecular complexity index is 298. The minimum atomic E-state index is 0.372. The molecule has 1 aromatic carbocycles. The summed E-state index contributed by atoms with van der Waals surface area (Å²) in [6.07, 6.45) is 1.12. The van der Waals surface area contributed by atoms with Crippen molar-refractivity contribution in [1.82, 2.24) is 0 Å². The van der Waals surface area contributed by atoms with E-state index >= 15 is 0 Å². The van der Waals surface area contributed by atoms with Gasteiger partial charge in [0, 0.05) is 12.0 Å². The van der Waals surface area contributed by atoms with Crippen LogP contribution in [0.1, 0.15) is 24.8 Å². The fourth-order valence-corrected chi connectivity index (χ4v) is 1.60. The Morgan fingerprint density at radius 3 is 2.92 bits per heavy atom. The van der Waals surface area contributed by atoms with Crippen LogP contribution in [0.15, 0.2) is 24.3 Å². The molecule has 0 heterocycles. The summed E-state index contributed by atoms with van der Waals surface area (Å²) in [5, 5.41) is 0. The van der Waals surface area contributed by atoms with E-state index in [1.165, 1.54) is 5.56 Å². The second-order valence-corrected chi connectivity index (χ2v) is 3.51. The van der Waals surface area contributed by atoms with E-state index in [4.69, 9.17) is 10.5 Å². The first-order valence-electron chi connectivity index (χ1n) is 4.79. The molecule has 2 N–H and O–H groups in total. The first-order chi connectivity index (χ1) is 6.31. The Kier molecular flexibility index (Phi) is 2.23. The number of rotatable bonds is 3. The average molecular weight is 177 g/mol. The molecule has 0 amide bonds. The molecule has 2 atom stereocenters. The third-order valence-electron chi connectivity index (χ3n) is 2.44. The molecule has 0 bridgehead atoms. The standard InChI is InChI=1S/C11H15NO/c1-2-13-9-5-3-4-8(6-9)10-7-11(10)12/h3-6,10-11H,2,7,12H2,1H3. The molecule has 0 aliphatic heterocycles. The van der Waals surface area contributed by atoms with Gasteiger partial charge in [-0.25, -0.2) is 0 Å². The molecule has 0 radical (unpaired) electrons. The van der Waals surface area contributed by atoms with Gasteiger partial charge in [0.15, 0.2) is 0 Å². The molecule has 1 fully saturated rings. The summed E-state index contributed by atoms with van der Waals surface area (Å²) < 4.78 is 5.42. The number of ether oxygens (including phenoxy) is 1. The van der Waals surface area contributed by atoms with Crippen LogP contribution in [0.3, 0.4) is 0 Å². The van der Waals surface area contributed by atoms with Crippen molar-refractivity contribution in [2.75, 3.05) is 6.61 Å². The Balaban J connectivity index is 2.13. The van der Waals surface area contributed by atoms with E-state index in [1.807, 2.05) is 19.1 Å². The molecule has 70 valence electrons. The zero-order valence-electron chi connectivity index (χ0n) is 7.86. The highest BCUT2D eigenvalue weighted by Gasteiger charge is 2.34. The zero-order chi connectivity index (χ0) is 9.26. The molecule has 13 heavy (non-hydrogen) atoms. The van der Waals surface area contributed by atoms with Gasteiger partial charge in [0.25, 0.3) is 0 Å². The van der Waals surface area contributed by atoms with Gasteiger partial charge in [0.1, 0.15) is 5.75 Å². The predicted molar refractivity (Wildman–Crippen MR) is 52.9 cm³/mol. The third-order valence-corrected chi connectivity index (χ3v) is 2.44. The molecule has 0 saturated heterocycles. The second-order valence-electron chi connectivity index (χ2n) is 3.51. The summed E-state index contributed by atoms with van der Waals surface area (Å²) in [5.41, 5.74) is 7.10. The minimum absolute atomic E-state index is 0.372. The molecule has 1 aromatic rings. The Hall–Kier alpha value is -1.02. The van der Waals surface area contributed by atoms with Gasteiger partial charge in [-0.1, -0.05) is 12.1 Å². The summed E-state index contributed by atoms with van der Waals surface area (Å²) in [5.74, 6) is 1.53. The second kappa shape index (κ2) is 3.38. The lowest BCUT2D eigenvalue weighted by atomic mass is 10.1. The molecular formula is C11H15NO. The smallest absolute Gasteiger partial charge is 0.119 e. The quantitative estimate of drug-likeness (QED) is 0.765. The van der Waals surface area contributed by atoms with Crippen molar-refractivity contribution in [3.8, 4) is 5.75 Å². The normalized spacial score (nSPS) is 25.7. The lowest BCUT2D eigenvalue weighted by molar-refractivity contribution is 0.340. The van der Waals surface area contributed by atoms with Crippen molar-refractivity contribution in [2.45, 2.75) is 25.3 Å². The Morgan fingerprint density at radius 1 is 1.54 bits per heavy atom. The molecule has 1 aliphatic carbocycles. The van der Waals surface area contributed by atoms with Crippen molar-refractivity contribution < 1.29 is 4.74 Å². The van der Waals surface area contributed by atoms with Crippen molar-refractivity contribution in [1.29, 1.82) is 0 Å². The van der Waals surface area contributed by atoms with Gasteiger partial charge in [-0.15, -0.1) is 0 Å². The topological polar surface area (TPSA) is 35.2 Å². The van der Waals surface area contributed by atoms with Crippen LogP contribution in [0, 0.1) is 0 Å². The fourth-order valence-electron chi connectivity index (χ4n) is 1.60. The van der Waals surface area contributed by atoms with Gasteiger partial charge in [0.2, 0.25) is 0 Å². The molecular weight excluding hydrogens is 162 g/mol. The SMILES string of the molecule is CCOc1cccc(C2CC2N)c1. The first-order valence-corrected chi connectivity index (χ1v) is 4.79. The van der Waals surface area contributed by atoms with Crippen LogP contribution in [-0.4, -0.2) is 12.6 Å². The maximum Gasteiger partial charge on any atom is 0.119 e. The van der Waals surface area contributed by atoms with E-state index < -0.39 is 0 Å². The van der Waals surface area contributed by atoms with Gasteiger partial charge in [-0.3, -0.25) is 0 Å². The van der Waals surface area contributed by atoms with Crippen LogP contribution in [0.5, 0.6) is 5.75 Å². The summed E-state index contributed by atoms with van der Waals surface area (Å²) in [4.78, 5) is 0. The van der Waals surface area contributed by atoms with Crippen molar-refractivity contribution in [3.63, 3.8) is 0 Å². The van der Waals surface area contributed by atoms with Gasteiger partial charge in [-0.05, 0) is 31.0 Å². The fraction of sp³-hybridized carbons (Fsp3) is 0.455. The van der Waals surface area contributed by atoms with Crippen LogP contribution in [-0.2, 0) is 0 Å². The van der Waals surface area contributed by atoms with E-state index in [9.17, 15) is 0 Å². The average Bonchev–Trinajstić information content (AvgIpc) is 2.84. The molecule has 1 aliphatic rings. The van der Waals surface area contributed by atoms with Crippen molar-refractivity contribution in [3.05, 3.63) is 29.8 Å². The highest BCUT2D eigenvalue weighted by Crippen LogP contribution is 2.39. The number of nitrogens with two attached hydrogens (primary N) is 1. The van der Waals surface area contributed by atoms with Gasteiger partial charge >= 0.3 is 0 Å². The van der Waals surface area contributed by atoms with E-state index in [0.29, 0.717) is 12.0 Å². The molecule has 2 unspecified atom stereocenters. The maximum absolute atomic E-state index is 5.78. The summed E-state index contributed by atoms with van der Waals surface area (Å²) in [7, 11) is 0. The Morgan fingerprint density at radius 2 is 2.31 bits per heavy atom. The molecule has 1 saturated carbocycles. The van der Waals surface area contributed by atoms with Crippen LogP contribution in [0.2, 0.25) is 0 Å². The van der Waals surface area contributed by atoms with Crippen molar-refractivity contribution >= 4 is 0 Å². The minimum Gasteiger partial charge on any atom is -0.494 e. The molecule has 2 nitrogen and oxygen atoms in total. The summed E-state index contributed by atoms with van der Waals surface area (Å²) in [6, 6.07) is 8.62. The summed E-state index contributed by atoms with van der Waals surface area (Å²) >= 11 is 0. The maximum atomic E-state index is 5.78. The van der Waals surface area contributed by atoms with Crippen LogP contribution in [0.4, 0.5) is 0 Å². The third kappa shape index (κ3) is 1.83. The van der Waals surface area contributed by atoms with Gasteiger partial charge < -0.3 is 10.5 Å². The highest BCUT2D eigenvalue weighted by molar-refractivity contribution is 5.34. The zero-order valence-corrected chi connectivity index (χ0v) is 7.86. The predicted octanol–water partition coefficient (Wildman–Crippen LogP) is 1.90. The molecule has 2 heteroatoms. The Labute approximate surface area is 78.7 Å². The molecule has 0 spiro atoms. The largest absolute Gasteiger partial charge is 0.494 e. The lowest BCUT2D eigenvalue weighted by Gasteiger charge is -2.04. The van der Waals surface area contributed by atoms with Crippen LogP contribution < -0.4 is 10.5 Å². The number of hydrogen-bond acceptors (Lipinski definition) is 2. The highest BCUT2D eigenvalue weighted by atomic mass is 16.5. The van der Waals surface area contributed by atoms with Crippen molar-refractivity contribution in [2.24, 2.45) is 5.73 Å². The summed E-state index contributed by atoms with van der Waals surface area (Å²) in [6.45, 7) is 2.72. The van der Waals surface area contributed by atoms with E-state index in [2.05, 4.69) is 12.1 Å². The van der Waals surface area contributed by atoms with Crippen LogP contribution in [0.25, 0.3) is 0 Å². The first kappa shape index (κ1) is 8.57. The van der Waals surface area contributed by atoms with Gasteiger partial charge in [0.05, 0.1) is 6.61 Å². The molecule has 2 rings (SSSR count). The monoisotopic (exact) mass is 177 g/mol. The van der Waals surface area contributed by atoms with Crippen LogP contribution >= 0.6 is 0 Å². The molecule has 0 aromatic heterocycles. The van der Waals surface area contributed by atoms with E-state index in [0.717, 1.165) is 18.8 Å².